The predicted octanol–water partition coefficient (Wildman–Crippen LogP) is 6.24. The van der Waals surface area contributed by atoms with Gasteiger partial charge in [-0.05, 0) is 74.9 Å². The van der Waals surface area contributed by atoms with E-state index in [-0.39, 0.29) is 6.54 Å². The van der Waals surface area contributed by atoms with Crippen LogP contribution in [0.1, 0.15) is 59.0 Å². The zero-order valence-electron chi connectivity index (χ0n) is 20.1. The molecule has 2 N–H and O–H groups in total. The fraction of sp³-hybridized carbons (Fsp3) is 0.480. The fourth-order valence-electron chi connectivity index (χ4n) is 4.63. The standard InChI is InChI=1S/C25H30ClF3N6/c1-15-11-20(18-4-7-35(8-5-18)9-6-25(27,28)29)16(2)10-19(15)13-22-30-14-21(26)24(31-22)32-23-12-17(3)33-34-23/h10-12,14,18H,4-9,13H2,1-3H3,(H2,30,31,32,33,34). The van der Waals surface area contributed by atoms with Crippen LogP contribution in [0.3, 0.4) is 0 Å². The molecule has 3 heterocycles. The summed E-state index contributed by atoms with van der Waals surface area (Å²) in [6.45, 7) is 7.58. The number of hydrogen-bond acceptors (Lipinski definition) is 5. The summed E-state index contributed by atoms with van der Waals surface area (Å²) in [4.78, 5) is 10.9. The van der Waals surface area contributed by atoms with E-state index >= 15 is 0 Å². The fourth-order valence-corrected chi connectivity index (χ4v) is 4.77. The molecule has 0 atom stereocenters. The molecule has 3 aromatic rings. The largest absolute Gasteiger partial charge is 0.390 e. The number of nitrogens with one attached hydrogen (secondary N) is 2. The van der Waals surface area contributed by atoms with Gasteiger partial charge in [0.25, 0.3) is 0 Å². The number of alkyl halides is 3. The first-order chi connectivity index (χ1) is 16.6. The van der Waals surface area contributed by atoms with E-state index in [1.165, 1.54) is 11.1 Å². The molecule has 0 spiro atoms. The van der Waals surface area contributed by atoms with Crippen LogP contribution in [0.4, 0.5) is 24.8 Å². The lowest BCUT2D eigenvalue weighted by atomic mass is 9.84. The molecule has 6 nitrogen and oxygen atoms in total. The number of aromatic amines is 1. The average Bonchev–Trinajstić information content (AvgIpc) is 3.21. The topological polar surface area (TPSA) is 69.7 Å². The van der Waals surface area contributed by atoms with E-state index in [0.29, 0.717) is 47.9 Å². The molecule has 1 saturated heterocycles. The Balaban J connectivity index is 1.43. The smallest absolute Gasteiger partial charge is 0.322 e. The molecular weight excluding hydrogens is 477 g/mol. The Labute approximate surface area is 208 Å². The number of hydrogen-bond donors (Lipinski definition) is 2. The molecule has 0 unspecified atom stereocenters. The zero-order valence-corrected chi connectivity index (χ0v) is 20.9. The van der Waals surface area contributed by atoms with E-state index in [1.54, 1.807) is 6.20 Å². The summed E-state index contributed by atoms with van der Waals surface area (Å²) < 4.78 is 37.6. The summed E-state index contributed by atoms with van der Waals surface area (Å²) in [7, 11) is 0. The van der Waals surface area contributed by atoms with E-state index in [2.05, 4.69) is 51.5 Å². The van der Waals surface area contributed by atoms with Crippen molar-refractivity contribution >= 4 is 23.2 Å². The minimum atomic E-state index is -4.09. The number of H-pyrrole nitrogens is 1. The molecule has 1 aromatic carbocycles. The Hall–Kier alpha value is -2.65. The highest BCUT2D eigenvalue weighted by Crippen LogP contribution is 2.33. The van der Waals surface area contributed by atoms with Gasteiger partial charge in [0.2, 0.25) is 0 Å². The van der Waals surface area contributed by atoms with Gasteiger partial charge in [-0.1, -0.05) is 23.7 Å². The van der Waals surface area contributed by atoms with Crippen LogP contribution in [0.15, 0.2) is 24.4 Å². The number of halogens is 4. The van der Waals surface area contributed by atoms with Crippen molar-refractivity contribution in [1.29, 1.82) is 0 Å². The maximum absolute atomic E-state index is 12.5. The van der Waals surface area contributed by atoms with Gasteiger partial charge >= 0.3 is 6.18 Å². The lowest BCUT2D eigenvalue weighted by Gasteiger charge is -2.33. The quantitative estimate of drug-likeness (QED) is 0.396. The molecule has 188 valence electrons. The van der Waals surface area contributed by atoms with Crippen molar-refractivity contribution in [2.45, 2.75) is 58.5 Å². The Bertz CT molecular complexity index is 1170. The molecule has 10 heteroatoms. The number of aromatic nitrogens is 4. The van der Waals surface area contributed by atoms with Gasteiger partial charge in [0.15, 0.2) is 11.6 Å². The Morgan fingerprint density at radius 1 is 1.11 bits per heavy atom. The molecule has 35 heavy (non-hydrogen) atoms. The van der Waals surface area contributed by atoms with Gasteiger partial charge in [-0.15, -0.1) is 0 Å². The lowest BCUT2D eigenvalue weighted by molar-refractivity contribution is -0.138. The van der Waals surface area contributed by atoms with Gasteiger partial charge in [0.05, 0.1) is 12.6 Å². The van der Waals surface area contributed by atoms with Crippen molar-refractivity contribution in [3.63, 3.8) is 0 Å². The first-order valence-electron chi connectivity index (χ1n) is 11.8. The van der Waals surface area contributed by atoms with E-state index in [9.17, 15) is 13.2 Å². The summed E-state index contributed by atoms with van der Waals surface area (Å²) in [5, 5.41) is 10.6. The van der Waals surface area contributed by atoms with Gasteiger partial charge in [0.1, 0.15) is 10.8 Å². The van der Waals surface area contributed by atoms with Crippen LogP contribution >= 0.6 is 11.6 Å². The second-order valence-electron chi connectivity index (χ2n) is 9.34. The van der Waals surface area contributed by atoms with Crippen LogP contribution in [0.25, 0.3) is 0 Å². The number of benzene rings is 1. The maximum atomic E-state index is 12.5. The number of anilines is 2. The first kappa shape index (κ1) is 25.4. The normalized spacial score (nSPS) is 15.5. The van der Waals surface area contributed by atoms with Crippen molar-refractivity contribution in [1.82, 2.24) is 25.1 Å². The number of likely N-dealkylation sites (tertiary alicyclic amines) is 1. The average molecular weight is 507 g/mol. The van der Waals surface area contributed by atoms with Crippen molar-refractivity contribution in [3.8, 4) is 0 Å². The molecule has 0 aliphatic carbocycles. The second kappa shape index (κ2) is 10.5. The third-order valence-electron chi connectivity index (χ3n) is 6.56. The van der Waals surface area contributed by atoms with Crippen LogP contribution < -0.4 is 5.32 Å². The molecule has 4 rings (SSSR count). The molecule has 1 aliphatic rings. The third kappa shape index (κ3) is 6.73. The van der Waals surface area contributed by atoms with E-state index in [4.69, 9.17) is 11.6 Å². The molecule has 0 amide bonds. The number of rotatable bonds is 7. The monoisotopic (exact) mass is 506 g/mol. The number of nitrogens with zero attached hydrogens (tertiary/aromatic N) is 4. The van der Waals surface area contributed by atoms with Gasteiger partial charge in [-0.2, -0.15) is 18.3 Å². The third-order valence-corrected chi connectivity index (χ3v) is 6.84. The minimum Gasteiger partial charge on any atom is -0.322 e. The van der Waals surface area contributed by atoms with Crippen LogP contribution in [0.5, 0.6) is 0 Å². The van der Waals surface area contributed by atoms with Gasteiger partial charge in [-0.25, -0.2) is 9.97 Å². The second-order valence-corrected chi connectivity index (χ2v) is 9.74. The predicted molar refractivity (Wildman–Crippen MR) is 131 cm³/mol. The van der Waals surface area contributed by atoms with Gasteiger partial charge in [-0.3, -0.25) is 5.10 Å². The van der Waals surface area contributed by atoms with Gasteiger partial charge < -0.3 is 10.2 Å². The Morgan fingerprint density at radius 2 is 1.86 bits per heavy atom. The summed E-state index contributed by atoms with van der Waals surface area (Å²) in [6, 6.07) is 6.27. The van der Waals surface area contributed by atoms with Crippen LogP contribution in [0, 0.1) is 20.8 Å². The first-order valence-corrected chi connectivity index (χ1v) is 12.1. The van der Waals surface area contributed by atoms with Crippen molar-refractivity contribution in [2.24, 2.45) is 0 Å². The highest BCUT2D eigenvalue weighted by atomic mass is 35.5. The Kier molecular flexibility index (Phi) is 7.66. The summed E-state index contributed by atoms with van der Waals surface area (Å²) >= 11 is 6.29. The lowest BCUT2D eigenvalue weighted by Crippen LogP contribution is -2.35. The minimum absolute atomic E-state index is 0.0882. The highest BCUT2D eigenvalue weighted by Gasteiger charge is 2.29. The van der Waals surface area contributed by atoms with Crippen LogP contribution in [-0.2, 0) is 6.42 Å². The highest BCUT2D eigenvalue weighted by molar-refractivity contribution is 6.32. The van der Waals surface area contributed by atoms with Crippen LogP contribution in [-0.4, -0.2) is 50.9 Å². The van der Waals surface area contributed by atoms with E-state index in [1.807, 2.05) is 17.9 Å². The zero-order chi connectivity index (χ0) is 25.2. The molecular formula is C25H30ClF3N6. The molecule has 0 saturated carbocycles. The summed E-state index contributed by atoms with van der Waals surface area (Å²) in [6.07, 6.45) is -0.930. The molecule has 0 radical (unpaired) electrons. The Morgan fingerprint density at radius 3 is 2.51 bits per heavy atom. The van der Waals surface area contributed by atoms with Crippen molar-refractivity contribution < 1.29 is 13.2 Å². The molecule has 1 aliphatic heterocycles. The van der Waals surface area contributed by atoms with E-state index < -0.39 is 12.6 Å². The van der Waals surface area contributed by atoms with Gasteiger partial charge in [0, 0.05) is 24.7 Å². The number of aryl methyl sites for hydroxylation is 3. The maximum Gasteiger partial charge on any atom is 0.390 e. The van der Waals surface area contributed by atoms with Crippen molar-refractivity contribution in [3.05, 3.63) is 63.2 Å². The van der Waals surface area contributed by atoms with Crippen LogP contribution in [0.2, 0.25) is 5.02 Å². The molecule has 0 bridgehead atoms. The SMILES string of the molecule is Cc1cc(Nc2nc(Cc3cc(C)c(C4CCN(CCC(F)(F)F)CC4)cc3C)ncc2Cl)n[nH]1. The van der Waals surface area contributed by atoms with Crippen molar-refractivity contribution in [2.75, 3.05) is 25.0 Å². The van der Waals surface area contributed by atoms with E-state index in [0.717, 1.165) is 29.7 Å². The number of piperidine rings is 1. The summed E-state index contributed by atoms with van der Waals surface area (Å²) in [5.74, 6) is 2.16. The molecule has 2 aromatic heterocycles. The summed E-state index contributed by atoms with van der Waals surface area (Å²) in [5.41, 5.74) is 5.70. The molecule has 1 fully saturated rings.